The minimum atomic E-state index is -3.66. The lowest BCUT2D eigenvalue weighted by atomic mass is 9.98. The molecule has 0 aliphatic heterocycles. The van der Waals surface area contributed by atoms with E-state index in [0.29, 0.717) is 31.6 Å². The molecule has 6 nitrogen and oxygen atoms in total. The molecule has 0 aliphatic carbocycles. The molecule has 0 spiro atoms. The van der Waals surface area contributed by atoms with E-state index in [1.807, 2.05) is 30.3 Å². The van der Waals surface area contributed by atoms with E-state index in [1.165, 1.54) is 0 Å². The van der Waals surface area contributed by atoms with Crippen molar-refractivity contribution in [1.82, 2.24) is 9.71 Å². The molecule has 0 bridgehead atoms. The maximum Gasteiger partial charge on any atom is 0.306 e. The van der Waals surface area contributed by atoms with Gasteiger partial charge in [0.1, 0.15) is 0 Å². The standard InChI is InChI=1S/C25H28N2O4S/c1-3-31-24(28)15-14-20-9-7-10-21(17-20)18-22-11-8-16-26-25(22)19(2)27-32(29,30)23-12-5-4-6-13-23/h4-13,16-17,19,27H,3,14-15,18H2,1-2H3. The first kappa shape index (κ1) is 23.6. The molecule has 32 heavy (non-hydrogen) atoms. The highest BCUT2D eigenvalue weighted by Gasteiger charge is 2.21. The van der Waals surface area contributed by atoms with E-state index >= 15 is 0 Å². The Labute approximate surface area is 189 Å². The fraction of sp³-hybridized carbons (Fsp3) is 0.280. The molecule has 1 aromatic heterocycles. The molecule has 1 unspecified atom stereocenters. The summed E-state index contributed by atoms with van der Waals surface area (Å²) in [5, 5.41) is 0. The van der Waals surface area contributed by atoms with E-state index in [4.69, 9.17) is 4.74 Å². The van der Waals surface area contributed by atoms with Gasteiger partial charge >= 0.3 is 5.97 Å². The van der Waals surface area contributed by atoms with Gasteiger partial charge in [-0.25, -0.2) is 13.1 Å². The van der Waals surface area contributed by atoms with E-state index in [9.17, 15) is 13.2 Å². The third-order valence-corrected chi connectivity index (χ3v) is 6.59. The van der Waals surface area contributed by atoms with Crippen LogP contribution in [0.5, 0.6) is 0 Å². The fourth-order valence-electron chi connectivity index (χ4n) is 3.54. The molecule has 0 radical (unpaired) electrons. The summed E-state index contributed by atoms with van der Waals surface area (Å²) in [5.41, 5.74) is 3.75. The number of pyridine rings is 1. The van der Waals surface area contributed by atoms with E-state index in [-0.39, 0.29) is 10.9 Å². The Morgan fingerprint density at radius 1 is 1.03 bits per heavy atom. The van der Waals surface area contributed by atoms with Crippen molar-refractivity contribution in [3.63, 3.8) is 0 Å². The molecule has 2 aromatic carbocycles. The molecule has 0 fully saturated rings. The van der Waals surface area contributed by atoms with Gasteiger partial charge in [0.05, 0.1) is 23.2 Å². The van der Waals surface area contributed by atoms with Crippen molar-refractivity contribution in [2.24, 2.45) is 0 Å². The second-order valence-electron chi connectivity index (χ2n) is 7.51. The van der Waals surface area contributed by atoms with Crippen molar-refractivity contribution < 1.29 is 17.9 Å². The minimum absolute atomic E-state index is 0.202. The van der Waals surface area contributed by atoms with Gasteiger partial charge in [-0.05, 0) is 61.6 Å². The van der Waals surface area contributed by atoms with Gasteiger partial charge in [-0.15, -0.1) is 0 Å². The maximum absolute atomic E-state index is 12.7. The number of benzene rings is 2. The van der Waals surface area contributed by atoms with Crippen molar-refractivity contribution >= 4 is 16.0 Å². The van der Waals surface area contributed by atoms with Gasteiger partial charge in [0, 0.05) is 12.6 Å². The first-order chi connectivity index (χ1) is 15.4. The number of carbonyl (C=O) groups is 1. The summed E-state index contributed by atoms with van der Waals surface area (Å²) in [4.78, 5) is 16.3. The first-order valence-electron chi connectivity index (χ1n) is 10.6. The van der Waals surface area contributed by atoms with Crippen molar-refractivity contribution in [3.8, 4) is 0 Å². The van der Waals surface area contributed by atoms with Crippen LogP contribution in [0.2, 0.25) is 0 Å². The normalized spacial score (nSPS) is 12.3. The lowest BCUT2D eigenvalue weighted by molar-refractivity contribution is -0.143. The van der Waals surface area contributed by atoms with Crippen LogP contribution in [-0.2, 0) is 32.4 Å². The predicted molar refractivity (Wildman–Crippen MR) is 124 cm³/mol. The predicted octanol–water partition coefficient (Wildman–Crippen LogP) is 4.21. The Hall–Kier alpha value is -3.03. The minimum Gasteiger partial charge on any atom is -0.466 e. The van der Waals surface area contributed by atoms with E-state index in [0.717, 1.165) is 16.7 Å². The van der Waals surface area contributed by atoms with Crippen molar-refractivity contribution in [2.45, 2.75) is 44.0 Å². The van der Waals surface area contributed by atoms with Gasteiger partial charge in [-0.2, -0.15) is 0 Å². The van der Waals surface area contributed by atoms with Crippen LogP contribution < -0.4 is 4.72 Å². The average molecular weight is 453 g/mol. The van der Waals surface area contributed by atoms with Crippen molar-refractivity contribution in [1.29, 1.82) is 0 Å². The van der Waals surface area contributed by atoms with Gasteiger partial charge < -0.3 is 4.74 Å². The molecule has 3 aromatic rings. The van der Waals surface area contributed by atoms with E-state index in [2.05, 4.69) is 15.8 Å². The summed E-state index contributed by atoms with van der Waals surface area (Å²) >= 11 is 0. The summed E-state index contributed by atoms with van der Waals surface area (Å²) in [6, 6.07) is 19.6. The number of carbonyl (C=O) groups excluding carboxylic acids is 1. The highest BCUT2D eigenvalue weighted by molar-refractivity contribution is 7.89. The molecule has 1 atom stereocenters. The van der Waals surface area contributed by atoms with Crippen molar-refractivity contribution in [2.75, 3.05) is 6.61 Å². The Morgan fingerprint density at radius 2 is 1.78 bits per heavy atom. The number of ether oxygens (including phenoxy) is 1. The van der Waals surface area contributed by atoms with Crippen LogP contribution in [-0.4, -0.2) is 26.0 Å². The highest BCUT2D eigenvalue weighted by atomic mass is 32.2. The van der Waals surface area contributed by atoms with Crippen LogP contribution in [0.1, 0.15) is 48.7 Å². The Balaban J connectivity index is 1.74. The lowest BCUT2D eigenvalue weighted by Crippen LogP contribution is -2.28. The monoisotopic (exact) mass is 452 g/mol. The zero-order chi connectivity index (χ0) is 23.0. The average Bonchev–Trinajstić information content (AvgIpc) is 2.79. The third-order valence-electron chi connectivity index (χ3n) is 5.03. The van der Waals surface area contributed by atoms with E-state index < -0.39 is 16.1 Å². The summed E-state index contributed by atoms with van der Waals surface area (Å²) in [7, 11) is -3.66. The largest absolute Gasteiger partial charge is 0.466 e. The van der Waals surface area contributed by atoms with Crippen LogP contribution >= 0.6 is 0 Å². The quantitative estimate of drug-likeness (QED) is 0.466. The molecule has 3 rings (SSSR count). The Kier molecular flexibility index (Phi) is 8.14. The zero-order valence-corrected chi connectivity index (χ0v) is 19.1. The Bertz CT molecular complexity index is 1150. The molecular formula is C25H28N2O4S. The maximum atomic E-state index is 12.7. The number of sulfonamides is 1. The van der Waals surface area contributed by atoms with Crippen LogP contribution in [0.3, 0.4) is 0 Å². The van der Waals surface area contributed by atoms with Gasteiger partial charge in [-0.1, -0.05) is 48.5 Å². The smallest absolute Gasteiger partial charge is 0.306 e. The summed E-state index contributed by atoms with van der Waals surface area (Å²) in [6.45, 7) is 3.97. The number of esters is 1. The molecule has 0 saturated heterocycles. The zero-order valence-electron chi connectivity index (χ0n) is 18.3. The van der Waals surface area contributed by atoms with Crippen LogP contribution in [0.25, 0.3) is 0 Å². The summed E-state index contributed by atoms with van der Waals surface area (Å²) in [6.07, 6.45) is 3.23. The van der Waals surface area contributed by atoms with E-state index in [1.54, 1.807) is 50.4 Å². The second kappa shape index (κ2) is 11.0. The molecule has 0 aliphatic rings. The number of hydrogen-bond donors (Lipinski definition) is 1. The summed E-state index contributed by atoms with van der Waals surface area (Å²) < 4.78 is 33.2. The SMILES string of the molecule is CCOC(=O)CCc1cccc(Cc2cccnc2C(C)NS(=O)(=O)c2ccccc2)c1. The lowest BCUT2D eigenvalue weighted by Gasteiger charge is -2.17. The van der Waals surface area contributed by atoms with Gasteiger partial charge in [0.2, 0.25) is 10.0 Å². The topological polar surface area (TPSA) is 85.4 Å². The third kappa shape index (κ3) is 6.48. The molecule has 1 heterocycles. The first-order valence-corrected chi connectivity index (χ1v) is 12.1. The van der Waals surface area contributed by atoms with Gasteiger partial charge in [0.15, 0.2) is 0 Å². The molecule has 7 heteroatoms. The number of aryl methyl sites for hydroxylation is 1. The molecule has 1 N–H and O–H groups in total. The molecule has 0 amide bonds. The molecular weight excluding hydrogens is 424 g/mol. The number of nitrogens with one attached hydrogen (secondary N) is 1. The van der Waals surface area contributed by atoms with Gasteiger partial charge in [-0.3, -0.25) is 9.78 Å². The van der Waals surface area contributed by atoms with Crippen LogP contribution in [0, 0.1) is 0 Å². The molecule has 168 valence electrons. The number of nitrogens with zero attached hydrogens (tertiary/aromatic N) is 1. The van der Waals surface area contributed by atoms with Crippen molar-refractivity contribution in [3.05, 3.63) is 95.3 Å². The summed E-state index contributed by atoms with van der Waals surface area (Å²) in [5.74, 6) is -0.202. The Morgan fingerprint density at radius 3 is 2.53 bits per heavy atom. The number of rotatable bonds is 10. The van der Waals surface area contributed by atoms with Crippen LogP contribution in [0.15, 0.2) is 77.8 Å². The highest BCUT2D eigenvalue weighted by Crippen LogP contribution is 2.21. The van der Waals surface area contributed by atoms with Crippen LogP contribution in [0.4, 0.5) is 0 Å². The number of hydrogen-bond acceptors (Lipinski definition) is 5. The number of aromatic nitrogens is 1. The van der Waals surface area contributed by atoms with Gasteiger partial charge in [0.25, 0.3) is 0 Å². The second-order valence-corrected chi connectivity index (χ2v) is 9.22. The molecule has 0 saturated carbocycles. The fourth-order valence-corrected chi connectivity index (χ4v) is 4.77.